The molecule has 0 fully saturated rings. The standard InChI is InChI=1S/C34H22Cl2N4O2/c1-3-40-24-11-7-6-9-17(24)20-13-23-27(15-25(20)40)42-34-29(36)31-33(28(35)32(34)39-23)41-26-14-21-19(12-22(26)38-31)16-8-4-5-10-18(16)30(21)37-2/h4-15,30,37H,3H2,1-2H3. The Hall–Kier alpha value is -4.36. The predicted molar refractivity (Wildman–Crippen MR) is 166 cm³/mol. The molecule has 42 heavy (non-hydrogen) atoms. The summed E-state index contributed by atoms with van der Waals surface area (Å²) in [6.07, 6.45) is 0. The van der Waals surface area contributed by atoms with Crippen LogP contribution in [-0.2, 0) is 6.54 Å². The number of fused-ring (bicyclic) bond motifs is 10. The number of aryl methyl sites for hydroxylation is 1. The molecule has 204 valence electrons. The molecule has 6 aromatic rings. The van der Waals surface area contributed by atoms with Crippen LogP contribution in [0.1, 0.15) is 24.1 Å². The van der Waals surface area contributed by atoms with Crippen LogP contribution in [0.25, 0.3) is 32.9 Å². The summed E-state index contributed by atoms with van der Waals surface area (Å²) < 4.78 is 15.2. The van der Waals surface area contributed by atoms with Crippen LogP contribution >= 0.6 is 23.2 Å². The molecule has 3 aliphatic rings. The Balaban J connectivity index is 1.25. The summed E-state index contributed by atoms with van der Waals surface area (Å²) in [5.41, 5.74) is 8.28. The quantitative estimate of drug-likeness (QED) is 0.220. The lowest BCUT2D eigenvalue weighted by molar-refractivity contribution is 0.451. The first-order valence-corrected chi connectivity index (χ1v) is 14.6. The van der Waals surface area contributed by atoms with E-state index in [1.54, 1.807) is 0 Å². The molecule has 0 saturated heterocycles. The molecule has 9 rings (SSSR count). The van der Waals surface area contributed by atoms with Gasteiger partial charge in [0.25, 0.3) is 0 Å². The summed E-state index contributed by atoms with van der Waals surface area (Å²) >= 11 is 14.0. The summed E-state index contributed by atoms with van der Waals surface area (Å²) in [7, 11) is 1.96. The van der Waals surface area contributed by atoms with Crippen LogP contribution in [0.2, 0.25) is 10.0 Å². The zero-order valence-electron chi connectivity index (χ0n) is 22.6. The minimum absolute atomic E-state index is 0.0597. The van der Waals surface area contributed by atoms with E-state index in [2.05, 4.69) is 77.5 Å². The van der Waals surface area contributed by atoms with Crippen molar-refractivity contribution in [3.8, 4) is 34.1 Å². The molecule has 8 heteroatoms. The third-order valence-electron chi connectivity index (χ3n) is 8.60. The molecule has 0 bridgehead atoms. The number of para-hydroxylation sites is 1. The zero-order chi connectivity index (χ0) is 28.3. The topological polar surface area (TPSA) is 60.1 Å². The van der Waals surface area contributed by atoms with Crippen LogP contribution in [0.4, 0.5) is 11.4 Å². The molecule has 5 aromatic carbocycles. The SMILES string of the molecule is CCn1c2ccccc2c2cc3c(cc21)Oc1c(Cl)c2c(c(Cl)c1=N3)Oc1cc3c(cc1N=2)-c1ccccc1C3NC. The molecule has 1 aliphatic carbocycles. The molecule has 6 nitrogen and oxygen atoms in total. The number of nitrogens with zero attached hydrogens (tertiary/aromatic N) is 3. The molecule has 0 spiro atoms. The van der Waals surface area contributed by atoms with Gasteiger partial charge >= 0.3 is 0 Å². The summed E-state index contributed by atoms with van der Waals surface area (Å²) in [6, 6.07) is 25.0. The molecular weight excluding hydrogens is 567 g/mol. The average molecular weight is 589 g/mol. The minimum Gasteiger partial charge on any atom is -0.451 e. The highest BCUT2D eigenvalue weighted by atomic mass is 35.5. The predicted octanol–water partition coefficient (Wildman–Crippen LogP) is 8.52. The van der Waals surface area contributed by atoms with Crippen LogP contribution in [0, 0.1) is 0 Å². The number of aromatic nitrogens is 1. The number of nitrogens with one attached hydrogen (secondary N) is 1. The van der Waals surface area contributed by atoms with Gasteiger partial charge in [-0.3, -0.25) is 0 Å². The van der Waals surface area contributed by atoms with Gasteiger partial charge in [-0.05, 0) is 60.5 Å². The van der Waals surface area contributed by atoms with E-state index in [1.807, 2.05) is 19.2 Å². The Bertz CT molecular complexity index is 2330. The van der Waals surface area contributed by atoms with Gasteiger partial charge in [-0.1, -0.05) is 65.7 Å². The maximum atomic E-state index is 7.00. The molecule has 0 amide bonds. The summed E-state index contributed by atoms with van der Waals surface area (Å²) in [6.45, 7) is 2.97. The van der Waals surface area contributed by atoms with Gasteiger partial charge in [0.15, 0.2) is 23.0 Å². The van der Waals surface area contributed by atoms with Crippen molar-refractivity contribution in [1.82, 2.24) is 9.88 Å². The second-order valence-corrected chi connectivity index (χ2v) is 11.5. The molecule has 1 aromatic heterocycles. The van der Waals surface area contributed by atoms with Crippen LogP contribution < -0.4 is 25.5 Å². The minimum atomic E-state index is 0.0597. The summed E-state index contributed by atoms with van der Waals surface area (Å²) in [5.74, 6) is 2.00. The number of halogens is 2. The fraction of sp³-hybridized carbons (Fsp3) is 0.118. The molecular formula is C34H22Cl2N4O2. The lowest BCUT2D eigenvalue weighted by atomic mass is 10.0. The Morgan fingerprint density at radius 3 is 2.14 bits per heavy atom. The highest BCUT2D eigenvalue weighted by Crippen LogP contribution is 2.50. The van der Waals surface area contributed by atoms with Gasteiger partial charge in [-0.25, -0.2) is 9.98 Å². The molecule has 0 saturated carbocycles. The van der Waals surface area contributed by atoms with E-state index in [4.69, 9.17) is 42.7 Å². The lowest BCUT2D eigenvalue weighted by Crippen LogP contribution is -2.22. The molecule has 1 atom stereocenters. The van der Waals surface area contributed by atoms with Gasteiger partial charge in [0, 0.05) is 28.9 Å². The first kappa shape index (κ1) is 24.3. The molecule has 1 N–H and O–H groups in total. The van der Waals surface area contributed by atoms with Crippen molar-refractivity contribution >= 4 is 56.4 Å². The number of ether oxygens (including phenoxy) is 2. The molecule has 2 aliphatic heterocycles. The largest absolute Gasteiger partial charge is 0.451 e. The highest BCUT2D eigenvalue weighted by molar-refractivity contribution is 6.35. The molecule has 0 radical (unpaired) electrons. The van der Waals surface area contributed by atoms with Gasteiger partial charge in [-0.15, -0.1) is 0 Å². The van der Waals surface area contributed by atoms with Crippen molar-refractivity contribution in [2.45, 2.75) is 19.5 Å². The van der Waals surface area contributed by atoms with Gasteiger partial charge in [0.05, 0.1) is 11.6 Å². The Kier molecular flexibility index (Phi) is 4.96. The fourth-order valence-corrected chi connectivity index (χ4v) is 7.25. The van der Waals surface area contributed by atoms with Gasteiger partial charge in [-0.2, -0.15) is 0 Å². The third-order valence-corrected chi connectivity index (χ3v) is 9.30. The van der Waals surface area contributed by atoms with Crippen molar-refractivity contribution in [3.63, 3.8) is 0 Å². The van der Waals surface area contributed by atoms with Crippen molar-refractivity contribution in [2.24, 2.45) is 9.98 Å². The molecule has 1 unspecified atom stereocenters. The van der Waals surface area contributed by atoms with E-state index in [0.717, 1.165) is 28.6 Å². The van der Waals surface area contributed by atoms with E-state index >= 15 is 0 Å². The van der Waals surface area contributed by atoms with Crippen molar-refractivity contribution in [1.29, 1.82) is 0 Å². The third kappa shape index (κ3) is 3.09. The smallest absolute Gasteiger partial charge is 0.175 e. The Morgan fingerprint density at radius 1 is 0.738 bits per heavy atom. The van der Waals surface area contributed by atoms with Crippen LogP contribution in [0.15, 0.2) is 82.8 Å². The molecule has 3 heterocycles. The lowest BCUT2D eigenvalue weighted by Gasteiger charge is -2.22. The van der Waals surface area contributed by atoms with E-state index in [0.29, 0.717) is 55.1 Å². The maximum Gasteiger partial charge on any atom is 0.175 e. The fourth-order valence-electron chi connectivity index (χ4n) is 6.74. The zero-order valence-corrected chi connectivity index (χ0v) is 24.1. The number of hydrogen-bond acceptors (Lipinski definition) is 5. The number of benzene rings is 5. The second kappa shape index (κ2) is 8.58. The van der Waals surface area contributed by atoms with Crippen LogP contribution in [0.5, 0.6) is 23.0 Å². The average Bonchev–Trinajstić information content (AvgIpc) is 3.50. The van der Waals surface area contributed by atoms with E-state index in [-0.39, 0.29) is 6.04 Å². The van der Waals surface area contributed by atoms with Crippen molar-refractivity contribution in [3.05, 3.63) is 105 Å². The Labute approximate surface area is 250 Å². The summed E-state index contributed by atoms with van der Waals surface area (Å²) in [4.78, 5) is 9.91. The van der Waals surface area contributed by atoms with Crippen molar-refractivity contribution < 1.29 is 9.47 Å². The van der Waals surface area contributed by atoms with Gasteiger partial charge < -0.3 is 19.4 Å². The summed E-state index contributed by atoms with van der Waals surface area (Å²) in [5, 5.41) is 7.21. The van der Waals surface area contributed by atoms with Crippen LogP contribution in [0.3, 0.4) is 0 Å². The second-order valence-electron chi connectivity index (χ2n) is 10.7. The van der Waals surface area contributed by atoms with E-state index in [9.17, 15) is 0 Å². The van der Waals surface area contributed by atoms with E-state index in [1.165, 1.54) is 22.0 Å². The maximum absolute atomic E-state index is 7.00. The van der Waals surface area contributed by atoms with E-state index < -0.39 is 0 Å². The van der Waals surface area contributed by atoms with Crippen molar-refractivity contribution in [2.75, 3.05) is 7.05 Å². The monoisotopic (exact) mass is 588 g/mol. The van der Waals surface area contributed by atoms with Crippen LogP contribution in [-0.4, -0.2) is 11.6 Å². The number of hydrogen-bond donors (Lipinski definition) is 1. The highest BCUT2D eigenvalue weighted by Gasteiger charge is 2.32. The number of rotatable bonds is 2. The normalized spacial score (nSPS) is 15.4. The first-order chi connectivity index (χ1) is 20.6. The Morgan fingerprint density at radius 2 is 1.40 bits per heavy atom. The van der Waals surface area contributed by atoms with Gasteiger partial charge in [0.1, 0.15) is 32.1 Å². The van der Waals surface area contributed by atoms with Gasteiger partial charge in [0.2, 0.25) is 0 Å². The first-order valence-electron chi connectivity index (χ1n) is 13.9.